The van der Waals surface area contributed by atoms with E-state index in [1.54, 1.807) is 0 Å². The van der Waals surface area contributed by atoms with Crippen molar-refractivity contribution in [2.75, 3.05) is 0 Å². The van der Waals surface area contributed by atoms with Gasteiger partial charge in [0.1, 0.15) is 0 Å². The highest BCUT2D eigenvalue weighted by Crippen LogP contribution is 2.64. The van der Waals surface area contributed by atoms with Crippen LogP contribution in [-0.4, -0.2) is 15.0 Å². The number of fused-ring (bicyclic) bond motifs is 8. The molecule has 1 unspecified atom stereocenters. The average molecular weight is 646 g/mol. The molecule has 0 radical (unpaired) electrons. The molecule has 0 fully saturated rings. The summed E-state index contributed by atoms with van der Waals surface area (Å²) in [6.07, 6.45) is 0. The van der Waals surface area contributed by atoms with Crippen molar-refractivity contribution in [3.63, 3.8) is 0 Å². The first-order valence-corrected chi connectivity index (χ1v) is 17.5. The van der Waals surface area contributed by atoms with Gasteiger partial charge >= 0.3 is 0 Å². The van der Waals surface area contributed by atoms with Crippen LogP contribution in [0, 0.1) is 0 Å². The summed E-state index contributed by atoms with van der Waals surface area (Å²) in [7, 11) is 0. The fourth-order valence-electron chi connectivity index (χ4n) is 9.52. The molecule has 0 aliphatic heterocycles. The molecule has 0 N–H and O–H groups in total. The van der Waals surface area contributed by atoms with Crippen molar-refractivity contribution >= 4 is 43.1 Å². The van der Waals surface area contributed by atoms with Gasteiger partial charge in [-0.15, -0.1) is 0 Å². The van der Waals surface area contributed by atoms with Gasteiger partial charge in [-0.25, -0.2) is 15.0 Å². The third-order valence-electron chi connectivity index (χ3n) is 11.4. The summed E-state index contributed by atoms with van der Waals surface area (Å²) in [5.41, 5.74) is 10.2. The van der Waals surface area contributed by atoms with Crippen molar-refractivity contribution in [2.45, 2.75) is 5.41 Å². The van der Waals surface area contributed by atoms with Gasteiger partial charge < -0.3 is 0 Å². The summed E-state index contributed by atoms with van der Waals surface area (Å²) in [5.74, 6) is 2.01. The molecule has 234 valence electrons. The lowest BCUT2D eigenvalue weighted by Gasteiger charge is -2.31. The molecule has 2 aliphatic carbocycles. The Labute approximate surface area is 293 Å². The van der Waals surface area contributed by atoms with Crippen molar-refractivity contribution in [3.8, 4) is 45.3 Å². The van der Waals surface area contributed by atoms with Crippen molar-refractivity contribution in [1.29, 1.82) is 0 Å². The summed E-state index contributed by atoms with van der Waals surface area (Å²) in [4.78, 5) is 15.4. The first-order valence-electron chi connectivity index (χ1n) is 17.5. The molecule has 3 nitrogen and oxygen atoms in total. The lowest BCUT2D eigenvalue weighted by atomic mass is 9.70. The molecule has 10 aromatic rings. The summed E-state index contributed by atoms with van der Waals surface area (Å²) < 4.78 is 0. The van der Waals surface area contributed by atoms with E-state index >= 15 is 0 Å². The monoisotopic (exact) mass is 645 g/mol. The smallest absolute Gasteiger partial charge is 0.164 e. The maximum atomic E-state index is 5.22. The lowest BCUT2D eigenvalue weighted by Crippen LogP contribution is -2.26. The second-order valence-corrected chi connectivity index (χ2v) is 13.8. The van der Waals surface area contributed by atoms with Crippen LogP contribution in [0.25, 0.3) is 88.4 Å². The minimum Gasteiger partial charge on any atom is -0.208 e. The van der Waals surface area contributed by atoms with Gasteiger partial charge in [0.25, 0.3) is 0 Å². The second-order valence-electron chi connectivity index (χ2n) is 13.8. The fourth-order valence-corrected chi connectivity index (χ4v) is 9.52. The molecule has 1 heterocycles. The van der Waals surface area contributed by atoms with E-state index in [4.69, 9.17) is 15.0 Å². The van der Waals surface area contributed by atoms with E-state index in [9.17, 15) is 0 Å². The molecule has 0 saturated carbocycles. The molecule has 0 amide bonds. The van der Waals surface area contributed by atoms with Gasteiger partial charge in [-0.05, 0) is 76.5 Å². The first kappa shape index (κ1) is 27.2. The molecule has 9 aromatic carbocycles. The number of hydrogen-bond donors (Lipinski definition) is 0. The molecule has 3 heteroatoms. The van der Waals surface area contributed by atoms with Gasteiger partial charge in [-0.1, -0.05) is 164 Å². The van der Waals surface area contributed by atoms with Crippen molar-refractivity contribution < 1.29 is 0 Å². The zero-order valence-corrected chi connectivity index (χ0v) is 27.4. The molecule has 0 saturated heterocycles. The number of benzene rings is 9. The molecule has 1 atom stereocenters. The topological polar surface area (TPSA) is 38.7 Å². The van der Waals surface area contributed by atoms with Crippen LogP contribution >= 0.6 is 0 Å². The predicted molar refractivity (Wildman–Crippen MR) is 208 cm³/mol. The summed E-state index contributed by atoms with van der Waals surface area (Å²) in [6, 6.07) is 59.3. The highest BCUT2D eigenvalue weighted by Gasteiger charge is 2.51. The standard InChI is InChI=1S/C48H27N3/c1-3-12-30(13-4-1)45-49-46(31-14-5-2-6-15-31)51-47(50-45)35-20-11-22-37-42(35)34-17-7-8-21-36(34)48(37)38-23-10-19-33-32-18-9-16-28-24-25-29-26-27-39(48)44(43(33)38)41(29)40(28)32/h1-27H. The molecule has 0 bridgehead atoms. The van der Waals surface area contributed by atoms with E-state index in [0.29, 0.717) is 17.5 Å². The second kappa shape index (κ2) is 9.71. The van der Waals surface area contributed by atoms with Gasteiger partial charge in [0, 0.05) is 16.7 Å². The minimum absolute atomic E-state index is 0.488. The van der Waals surface area contributed by atoms with Crippen LogP contribution in [0.1, 0.15) is 22.3 Å². The van der Waals surface area contributed by atoms with E-state index in [1.165, 1.54) is 76.5 Å². The van der Waals surface area contributed by atoms with Crippen molar-refractivity contribution in [2.24, 2.45) is 0 Å². The zero-order valence-electron chi connectivity index (χ0n) is 27.4. The Kier molecular flexibility index (Phi) is 5.17. The molecule has 1 aromatic heterocycles. The molecule has 2 aliphatic rings. The van der Waals surface area contributed by atoms with E-state index in [1.807, 2.05) is 36.4 Å². The van der Waals surface area contributed by atoms with E-state index in [0.717, 1.165) is 16.7 Å². The Bertz CT molecular complexity index is 3020. The van der Waals surface area contributed by atoms with Crippen LogP contribution in [0.15, 0.2) is 164 Å². The third-order valence-corrected chi connectivity index (χ3v) is 11.4. The molecular formula is C48H27N3. The van der Waals surface area contributed by atoms with Crippen LogP contribution in [-0.2, 0) is 5.41 Å². The molecule has 12 rings (SSSR count). The number of rotatable bonds is 3. The largest absolute Gasteiger partial charge is 0.208 e. The number of hydrogen-bond acceptors (Lipinski definition) is 3. The summed E-state index contributed by atoms with van der Waals surface area (Å²) in [5, 5.41) is 10.7. The van der Waals surface area contributed by atoms with Crippen LogP contribution in [0.2, 0.25) is 0 Å². The normalized spacial score (nSPS) is 15.5. The Balaban J connectivity index is 1.21. The quantitative estimate of drug-likeness (QED) is 0.142. The first-order chi connectivity index (χ1) is 25.3. The van der Waals surface area contributed by atoms with Crippen molar-refractivity contribution in [1.82, 2.24) is 15.0 Å². The van der Waals surface area contributed by atoms with E-state index < -0.39 is 5.41 Å². The maximum Gasteiger partial charge on any atom is 0.164 e. The Morgan fingerprint density at radius 3 is 1.61 bits per heavy atom. The molecule has 1 spiro atoms. The highest BCUT2D eigenvalue weighted by atomic mass is 15.0. The maximum absolute atomic E-state index is 5.22. The van der Waals surface area contributed by atoms with Gasteiger partial charge in [0.05, 0.1) is 5.41 Å². The van der Waals surface area contributed by atoms with E-state index in [2.05, 4.69) is 127 Å². The van der Waals surface area contributed by atoms with Crippen LogP contribution in [0.4, 0.5) is 0 Å². The molecular weight excluding hydrogens is 619 g/mol. The van der Waals surface area contributed by atoms with Crippen molar-refractivity contribution in [3.05, 3.63) is 186 Å². The van der Waals surface area contributed by atoms with Crippen LogP contribution in [0.5, 0.6) is 0 Å². The van der Waals surface area contributed by atoms with Gasteiger partial charge in [-0.3, -0.25) is 0 Å². The fraction of sp³-hybridized carbons (Fsp3) is 0.0208. The Morgan fingerprint density at radius 1 is 0.314 bits per heavy atom. The SMILES string of the molecule is c1ccc(-c2nc(-c3ccccc3)nc(-c3cccc4c3-c3ccccc3C43c4cccc5c6cccc7ccc8ccc3c(c45)c8c76)n2)cc1. The number of nitrogens with zero attached hydrogens (tertiary/aromatic N) is 3. The zero-order chi connectivity index (χ0) is 33.3. The summed E-state index contributed by atoms with van der Waals surface area (Å²) in [6.45, 7) is 0. The van der Waals surface area contributed by atoms with Crippen LogP contribution in [0.3, 0.4) is 0 Å². The van der Waals surface area contributed by atoms with Crippen LogP contribution < -0.4 is 0 Å². The number of aromatic nitrogens is 3. The Hall–Kier alpha value is -6.71. The van der Waals surface area contributed by atoms with Gasteiger partial charge in [0.2, 0.25) is 0 Å². The average Bonchev–Trinajstić information content (AvgIpc) is 3.68. The summed E-state index contributed by atoms with van der Waals surface area (Å²) >= 11 is 0. The Morgan fingerprint density at radius 2 is 0.843 bits per heavy atom. The third kappa shape index (κ3) is 3.36. The van der Waals surface area contributed by atoms with E-state index in [-0.39, 0.29) is 0 Å². The predicted octanol–water partition coefficient (Wildman–Crippen LogP) is 11.6. The lowest BCUT2D eigenvalue weighted by molar-refractivity contribution is 0.797. The highest BCUT2D eigenvalue weighted by molar-refractivity contribution is 6.36. The molecule has 51 heavy (non-hydrogen) atoms. The van der Waals surface area contributed by atoms with Gasteiger partial charge in [0.15, 0.2) is 17.5 Å². The van der Waals surface area contributed by atoms with Gasteiger partial charge in [-0.2, -0.15) is 0 Å². The minimum atomic E-state index is -0.488.